The number of rotatable bonds is 14. The average molecular weight is 562 g/mol. The molecule has 8 heteroatoms. The molecule has 0 saturated heterocycles. The maximum Gasteiger partial charge on any atom is 0.203 e. The van der Waals surface area contributed by atoms with Gasteiger partial charge >= 0.3 is 0 Å². The number of nitrogens with zero attached hydrogens (tertiary/aromatic N) is 2. The van der Waals surface area contributed by atoms with E-state index in [9.17, 15) is 9.59 Å². The minimum Gasteiger partial charge on any atom is -1.00 e. The molecule has 0 heterocycles. The number of ketones is 2. The van der Waals surface area contributed by atoms with Gasteiger partial charge in [-0.15, -0.1) is 0 Å². The molecule has 2 aromatic rings. The summed E-state index contributed by atoms with van der Waals surface area (Å²) >= 11 is 0. The van der Waals surface area contributed by atoms with Crippen molar-refractivity contribution in [3.63, 3.8) is 0 Å². The predicted molar refractivity (Wildman–Crippen MR) is 146 cm³/mol. The van der Waals surface area contributed by atoms with Gasteiger partial charge in [0.05, 0.1) is 52.7 Å². The van der Waals surface area contributed by atoms with E-state index in [-0.39, 0.29) is 36.4 Å². The van der Waals surface area contributed by atoms with Crippen molar-refractivity contribution in [2.24, 2.45) is 0 Å². The fourth-order valence-electron chi connectivity index (χ4n) is 4.61. The molecule has 0 radical (unpaired) electrons. The van der Waals surface area contributed by atoms with Gasteiger partial charge in [0.15, 0.2) is 0 Å². The van der Waals surface area contributed by atoms with E-state index >= 15 is 0 Å². The van der Waals surface area contributed by atoms with Crippen molar-refractivity contribution in [3.8, 4) is 0 Å². The van der Waals surface area contributed by atoms with Crippen molar-refractivity contribution < 1.29 is 43.4 Å². The average Bonchev–Trinajstić information content (AvgIpc) is 2.82. The topological polar surface area (TPSA) is 58.2 Å². The zero-order chi connectivity index (χ0) is 26.0. The first-order valence-corrected chi connectivity index (χ1v) is 12.9. The summed E-state index contributed by atoms with van der Waals surface area (Å²) in [6, 6.07) is 20.9. The molecule has 6 nitrogen and oxygen atoms in total. The SMILES string of the molecule is C[N+](C)(CCCNC1=CC(=O)C(NCCC[N+](C)(C)Cc2ccccc2)=CC1=O)Cc1ccccc1.[Cl-].[Cl-]. The van der Waals surface area contributed by atoms with Crippen LogP contribution in [0.3, 0.4) is 0 Å². The molecule has 1 aliphatic carbocycles. The lowest BCUT2D eigenvalue weighted by atomic mass is 10.1. The van der Waals surface area contributed by atoms with Crippen molar-refractivity contribution in [2.75, 3.05) is 54.4 Å². The van der Waals surface area contributed by atoms with Gasteiger partial charge in [-0.1, -0.05) is 60.7 Å². The van der Waals surface area contributed by atoms with E-state index in [1.165, 1.54) is 23.3 Å². The van der Waals surface area contributed by atoms with Crippen molar-refractivity contribution in [1.29, 1.82) is 0 Å². The second kappa shape index (κ2) is 15.7. The normalized spacial score (nSPS) is 13.6. The van der Waals surface area contributed by atoms with Gasteiger partial charge < -0.3 is 44.4 Å². The minimum absolute atomic E-state index is 0. The summed E-state index contributed by atoms with van der Waals surface area (Å²) in [5.41, 5.74) is 3.41. The maximum absolute atomic E-state index is 12.6. The highest BCUT2D eigenvalue weighted by atomic mass is 35.5. The third kappa shape index (κ3) is 11.4. The molecule has 3 rings (SSSR count). The predicted octanol–water partition coefficient (Wildman–Crippen LogP) is -2.57. The third-order valence-electron chi connectivity index (χ3n) is 6.50. The van der Waals surface area contributed by atoms with Crippen LogP contribution in [0.1, 0.15) is 24.0 Å². The van der Waals surface area contributed by atoms with Crippen LogP contribution in [0.25, 0.3) is 0 Å². The number of quaternary nitrogens is 2. The van der Waals surface area contributed by atoms with E-state index in [1.54, 1.807) is 0 Å². The minimum atomic E-state index is -0.143. The van der Waals surface area contributed by atoms with Crippen molar-refractivity contribution in [2.45, 2.75) is 25.9 Å². The summed E-state index contributed by atoms with van der Waals surface area (Å²) < 4.78 is 1.74. The number of hydrogen-bond donors (Lipinski definition) is 2. The lowest BCUT2D eigenvalue weighted by molar-refractivity contribution is -0.903. The Bertz CT molecular complexity index is 996. The molecule has 0 spiro atoms. The number of carbonyl (C=O) groups excluding carboxylic acids is 2. The monoisotopic (exact) mass is 560 g/mol. The summed E-state index contributed by atoms with van der Waals surface area (Å²) in [7, 11) is 8.85. The standard InChI is InChI=1S/C30H40N4O2.2ClH/c1-33(2,23-25-13-7-5-8-14-25)19-11-17-31-27-21-30(36)28(22-29(27)35)32-18-12-20-34(3,4)24-26-15-9-6-10-16-26;;/h5-10,13-16,21-22H,11-12,17-20,23-24H2,1-4H3;2*1H. The smallest absolute Gasteiger partial charge is 0.203 e. The highest BCUT2D eigenvalue weighted by Gasteiger charge is 2.21. The second-order valence-corrected chi connectivity index (χ2v) is 11.0. The second-order valence-electron chi connectivity index (χ2n) is 11.0. The molecule has 208 valence electrons. The largest absolute Gasteiger partial charge is 1.00 e. The molecule has 2 N–H and O–H groups in total. The number of allylic oxidation sites excluding steroid dienone is 2. The van der Waals surface area contributed by atoms with Gasteiger partial charge in [-0.25, -0.2) is 0 Å². The molecule has 38 heavy (non-hydrogen) atoms. The highest BCUT2D eigenvalue weighted by molar-refractivity contribution is 6.19. The number of carbonyl (C=O) groups is 2. The van der Waals surface area contributed by atoms with Gasteiger partial charge in [-0.3, -0.25) is 9.59 Å². The van der Waals surface area contributed by atoms with Gasteiger partial charge in [0.2, 0.25) is 11.6 Å². The molecule has 0 atom stereocenters. The first-order valence-electron chi connectivity index (χ1n) is 12.9. The maximum atomic E-state index is 12.6. The van der Waals surface area contributed by atoms with Crippen LogP contribution in [-0.4, -0.2) is 74.9 Å². The highest BCUT2D eigenvalue weighted by Crippen LogP contribution is 2.12. The number of hydrogen-bond acceptors (Lipinski definition) is 4. The van der Waals surface area contributed by atoms with Gasteiger partial charge in [-0.2, -0.15) is 0 Å². The molecular formula is C30H42Cl2N4O2. The fraction of sp³-hybridized carbons (Fsp3) is 0.400. The number of benzene rings is 2. The molecule has 0 unspecified atom stereocenters. The molecular weight excluding hydrogens is 519 g/mol. The Morgan fingerprint density at radius 3 is 1.26 bits per heavy atom. The number of halogens is 2. The van der Waals surface area contributed by atoms with E-state index in [1.807, 2.05) is 12.1 Å². The Morgan fingerprint density at radius 2 is 0.921 bits per heavy atom. The van der Waals surface area contributed by atoms with Gasteiger partial charge in [0.1, 0.15) is 13.1 Å². The van der Waals surface area contributed by atoms with Crippen LogP contribution in [0.2, 0.25) is 0 Å². The Morgan fingerprint density at radius 1 is 0.579 bits per heavy atom. The lowest BCUT2D eigenvalue weighted by Gasteiger charge is -2.30. The van der Waals surface area contributed by atoms with Crippen LogP contribution < -0.4 is 35.4 Å². The van der Waals surface area contributed by atoms with Crippen LogP contribution in [0, 0.1) is 0 Å². The Labute approximate surface area is 240 Å². The van der Waals surface area contributed by atoms with Crippen LogP contribution in [-0.2, 0) is 22.7 Å². The zero-order valence-corrected chi connectivity index (χ0v) is 24.6. The van der Waals surface area contributed by atoms with E-state index in [0.29, 0.717) is 24.5 Å². The Kier molecular flexibility index (Phi) is 13.8. The third-order valence-corrected chi connectivity index (χ3v) is 6.50. The Balaban J connectivity index is 0.00000361. The molecule has 0 aliphatic heterocycles. The van der Waals surface area contributed by atoms with Gasteiger partial charge in [0, 0.05) is 49.2 Å². The summed E-state index contributed by atoms with van der Waals surface area (Å²) in [5, 5.41) is 6.35. The van der Waals surface area contributed by atoms with Crippen LogP contribution in [0.15, 0.2) is 84.2 Å². The first kappa shape index (κ1) is 33.4. The van der Waals surface area contributed by atoms with Gasteiger partial charge in [0.25, 0.3) is 0 Å². The van der Waals surface area contributed by atoms with E-state index in [4.69, 9.17) is 0 Å². The quantitative estimate of drug-likeness (QED) is 0.151. The first-order chi connectivity index (χ1) is 17.1. The molecule has 0 bridgehead atoms. The van der Waals surface area contributed by atoms with Crippen LogP contribution >= 0.6 is 0 Å². The fourth-order valence-corrected chi connectivity index (χ4v) is 4.61. The molecule has 0 saturated carbocycles. The summed E-state index contributed by atoms with van der Waals surface area (Å²) in [6.45, 7) is 5.18. The van der Waals surface area contributed by atoms with E-state index < -0.39 is 0 Å². The zero-order valence-electron chi connectivity index (χ0n) is 23.1. The van der Waals surface area contributed by atoms with E-state index in [2.05, 4.69) is 87.4 Å². The van der Waals surface area contributed by atoms with Crippen molar-refractivity contribution in [1.82, 2.24) is 10.6 Å². The molecule has 1 aliphatic rings. The van der Waals surface area contributed by atoms with E-state index in [0.717, 1.165) is 48.0 Å². The van der Waals surface area contributed by atoms with Crippen LogP contribution in [0.5, 0.6) is 0 Å². The number of nitrogens with one attached hydrogen (secondary N) is 2. The van der Waals surface area contributed by atoms with Gasteiger partial charge in [-0.05, 0) is 0 Å². The van der Waals surface area contributed by atoms with Crippen molar-refractivity contribution in [3.05, 3.63) is 95.3 Å². The summed E-state index contributed by atoms with van der Waals surface area (Å²) in [6.07, 6.45) is 4.68. The molecule has 0 fully saturated rings. The summed E-state index contributed by atoms with van der Waals surface area (Å²) in [5.74, 6) is -0.286. The molecule has 0 aromatic heterocycles. The summed E-state index contributed by atoms with van der Waals surface area (Å²) in [4.78, 5) is 25.1. The lowest BCUT2D eigenvalue weighted by Crippen LogP contribution is -3.00. The molecule has 0 amide bonds. The van der Waals surface area contributed by atoms with Crippen molar-refractivity contribution >= 4 is 11.6 Å². The Hall–Kier alpha value is -2.64. The van der Waals surface area contributed by atoms with Crippen LogP contribution in [0.4, 0.5) is 0 Å². The molecule has 2 aromatic carbocycles.